The lowest BCUT2D eigenvalue weighted by molar-refractivity contribution is 0.0831. The Morgan fingerprint density at radius 3 is 2.12 bits per heavy atom. The zero-order valence-electron chi connectivity index (χ0n) is 24.3. The summed E-state index contributed by atoms with van der Waals surface area (Å²) in [5, 5.41) is 11.5. The van der Waals surface area contributed by atoms with Crippen molar-refractivity contribution in [2.75, 3.05) is 62.1 Å². The van der Waals surface area contributed by atoms with Crippen LogP contribution in [0.3, 0.4) is 0 Å². The minimum Gasteiger partial charge on any atom is -0.381 e. The molecule has 0 aliphatic carbocycles. The molecule has 3 aliphatic heterocycles. The molecule has 0 radical (unpaired) electrons. The van der Waals surface area contributed by atoms with Gasteiger partial charge in [0.25, 0.3) is 5.91 Å². The number of benzene rings is 2. The average Bonchev–Trinajstić information content (AvgIpc) is 3.29. The van der Waals surface area contributed by atoms with Crippen LogP contribution in [-0.2, 0) is 9.47 Å². The molecule has 3 amide bonds. The van der Waals surface area contributed by atoms with Gasteiger partial charge in [-0.25, -0.2) is 9.78 Å². The summed E-state index contributed by atoms with van der Waals surface area (Å²) in [7, 11) is 1.83. The second-order valence-corrected chi connectivity index (χ2v) is 11.1. The van der Waals surface area contributed by atoms with Gasteiger partial charge in [-0.2, -0.15) is 9.97 Å². The summed E-state index contributed by atoms with van der Waals surface area (Å²) < 4.78 is 11.4. The van der Waals surface area contributed by atoms with E-state index in [1.807, 2.05) is 31.3 Å². The Morgan fingerprint density at radius 2 is 1.47 bits per heavy atom. The summed E-state index contributed by atoms with van der Waals surface area (Å²) in [4.78, 5) is 42.0. The summed E-state index contributed by atoms with van der Waals surface area (Å²) in [6.07, 6.45) is 3.95. The van der Waals surface area contributed by atoms with Crippen molar-refractivity contribution in [3.05, 3.63) is 59.9 Å². The van der Waals surface area contributed by atoms with E-state index in [0.717, 1.165) is 43.0 Å². The quantitative estimate of drug-likeness (QED) is 0.278. The SMILES string of the molecule is CNCCNC(=O)c1ccc(NC(=O)Nc2ccc(-c3nc(C4CCOCC4)nc(N4C5CCC4COC5)n3)cc2)cc1. The number of rotatable bonds is 9. The summed E-state index contributed by atoms with van der Waals surface area (Å²) in [5.74, 6) is 2.25. The molecule has 4 N–H and O–H groups in total. The number of anilines is 3. The van der Waals surface area contributed by atoms with Gasteiger partial charge in [0, 0.05) is 54.7 Å². The maximum atomic E-state index is 12.7. The van der Waals surface area contributed by atoms with Crippen LogP contribution in [-0.4, -0.2) is 85.5 Å². The van der Waals surface area contributed by atoms with Crippen molar-refractivity contribution >= 4 is 29.3 Å². The maximum absolute atomic E-state index is 12.7. The molecule has 3 aliphatic rings. The van der Waals surface area contributed by atoms with Crippen LogP contribution in [0.15, 0.2) is 48.5 Å². The van der Waals surface area contributed by atoms with Crippen molar-refractivity contribution in [2.45, 2.75) is 43.7 Å². The number of fused-ring (bicyclic) bond motifs is 2. The van der Waals surface area contributed by atoms with Crippen molar-refractivity contribution in [2.24, 2.45) is 0 Å². The third kappa shape index (κ3) is 6.93. The third-order valence-electron chi connectivity index (χ3n) is 8.17. The monoisotopic (exact) mass is 586 g/mol. The topological polar surface area (TPSA) is 143 Å². The van der Waals surface area contributed by atoms with E-state index in [1.54, 1.807) is 24.3 Å². The summed E-state index contributed by atoms with van der Waals surface area (Å²) >= 11 is 0. The number of amides is 3. The molecule has 2 atom stereocenters. The Kier molecular flexibility index (Phi) is 9.06. The highest BCUT2D eigenvalue weighted by atomic mass is 16.5. The number of carbonyl (C=O) groups is 2. The van der Waals surface area contributed by atoms with Crippen LogP contribution in [0.1, 0.15) is 47.8 Å². The van der Waals surface area contributed by atoms with E-state index in [9.17, 15) is 9.59 Å². The van der Waals surface area contributed by atoms with Gasteiger partial charge in [-0.15, -0.1) is 0 Å². The fraction of sp³-hybridized carbons (Fsp3) is 0.452. The molecule has 2 aromatic carbocycles. The minimum atomic E-state index is -0.383. The molecule has 0 spiro atoms. The second kappa shape index (κ2) is 13.4. The van der Waals surface area contributed by atoms with Gasteiger partial charge in [0.05, 0.1) is 25.3 Å². The van der Waals surface area contributed by atoms with Crippen molar-refractivity contribution in [1.29, 1.82) is 0 Å². The molecule has 226 valence electrons. The van der Waals surface area contributed by atoms with Gasteiger partial charge in [0.1, 0.15) is 5.82 Å². The fourth-order valence-corrected chi connectivity index (χ4v) is 5.82. The van der Waals surface area contributed by atoms with Gasteiger partial charge < -0.3 is 35.6 Å². The molecule has 2 unspecified atom stereocenters. The summed E-state index contributed by atoms with van der Waals surface area (Å²) in [5.41, 5.74) is 2.59. The lowest BCUT2D eigenvalue weighted by Crippen LogP contribution is -2.47. The Bertz CT molecular complexity index is 1400. The number of aromatic nitrogens is 3. The van der Waals surface area contributed by atoms with Crippen molar-refractivity contribution in [3.8, 4) is 11.4 Å². The first-order valence-electron chi connectivity index (χ1n) is 15.0. The fourth-order valence-electron chi connectivity index (χ4n) is 5.82. The largest absolute Gasteiger partial charge is 0.381 e. The van der Waals surface area contributed by atoms with Gasteiger partial charge >= 0.3 is 6.03 Å². The van der Waals surface area contributed by atoms with Crippen LogP contribution in [0.2, 0.25) is 0 Å². The number of likely N-dealkylation sites (N-methyl/N-ethyl adjacent to an activating group) is 1. The van der Waals surface area contributed by atoms with Gasteiger partial charge in [-0.3, -0.25) is 4.79 Å². The third-order valence-corrected chi connectivity index (χ3v) is 8.17. The second-order valence-electron chi connectivity index (χ2n) is 11.1. The van der Waals surface area contributed by atoms with Crippen LogP contribution >= 0.6 is 0 Å². The van der Waals surface area contributed by atoms with Gasteiger partial charge in [-0.05, 0) is 81.3 Å². The number of ether oxygens (including phenoxy) is 2. The van der Waals surface area contributed by atoms with E-state index in [0.29, 0.717) is 74.4 Å². The molecule has 12 nitrogen and oxygen atoms in total. The minimum absolute atomic E-state index is 0.159. The van der Waals surface area contributed by atoms with Crippen LogP contribution in [0.4, 0.5) is 22.1 Å². The molecule has 1 aromatic heterocycles. The first kappa shape index (κ1) is 29.0. The van der Waals surface area contributed by atoms with E-state index < -0.39 is 0 Å². The van der Waals surface area contributed by atoms with E-state index in [-0.39, 0.29) is 17.9 Å². The molecule has 4 heterocycles. The number of hydrogen-bond donors (Lipinski definition) is 4. The summed E-state index contributed by atoms with van der Waals surface area (Å²) in [6.45, 7) is 4.05. The zero-order chi connectivity index (χ0) is 29.6. The number of urea groups is 1. The van der Waals surface area contributed by atoms with E-state index in [4.69, 9.17) is 24.4 Å². The van der Waals surface area contributed by atoms with Crippen LogP contribution in [0, 0.1) is 0 Å². The van der Waals surface area contributed by atoms with E-state index in [2.05, 4.69) is 26.2 Å². The Hall–Kier alpha value is -4.13. The standard InChI is InChI=1S/C31H38N8O4/c1-32-14-15-33-29(40)22-4-8-24(9-5-22)35-31(41)34-23-6-2-20(3-7-23)27-36-28(21-12-16-42-17-13-21)38-30(37-27)39-25-10-11-26(39)19-43-18-25/h2-9,21,25-26,32H,10-19H2,1H3,(H,33,40)(H2,34,35,41). The number of morpholine rings is 1. The molecule has 3 aromatic rings. The smallest absolute Gasteiger partial charge is 0.323 e. The predicted molar refractivity (Wildman–Crippen MR) is 164 cm³/mol. The van der Waals surface area contributed by atoms with E-state index in [1.165, 1.54) is 0 Å². The van der Waals surface area contributed by atoms with Gasteiger partial charge in [0.15, 0.2) is 5.82 Å². The molecule has 43 heavy (non-hydrogen) atoms. The molecule has 12 heteroatoms. The zero-order valence-corrected chi connectivity index (χ0v) is 24.3. The normalized spacial score (nSPS) is 20.1. The highest BCUT2D eigenvalue weighted by molar-refractivity contribution is 6.00. The van der Waals surface area contributed by atoms with Crippen LogP contribution < -0.4 is 26.2 Å². The van der Waals surface area contributed by atoms with Gasteiger partial charge in [-0.1, -0.05) is 0 Å². The highest BCUT2D eigenvalue weighted by Crippen LogP contribution is 2.34. The maximum Gasteiger partial charge on any atom is 0.323 e. The Balaban J connectivity index is 1.13. The van der Waals surface area contributed by atoms with Crippen LogP contribution in [0.5, 0.6) is 0 Å². The predicted octanol–water partition coefficient (Wildman–Crippen LogP) is 3.39. The summed E-state index contributed by atoms with van der Waals surface area (Å²) in [6, 6.07) is 14.5. The first-order chi connectivity index (χ1) is 21.1. The average molecular weight is 587 g/mol. The first-order valence-corrected chi connectivity index (χ1v) is 15.0. The highest BCUT2D eigenvalue weighted by Gasteiger charge is 2.39. The molecule has 2 bridgehead atoms. The lowest BCUT2D eigenvalue weighted by Gasteiger charge is -2.35. The number of hydrogen-bond acceptors (Lipinski definition) is 9. The number of nitrogens with zero attached hydrogens (tertiary/aromatic N) is 4. The lowest BCUT2D eigenvalue weighted by atomic mass is 9.99. The molecular weight excluding hydrogens is 548 g/mol. The number of carbonyl (C=O) groups excluding carboxylic acids is 2. The molecule has 3 fully saturated rings. The molecule has 3 saturated heterocycles. The van der Waals surface area contributed by atoms with Gasteiger partial charge in [0.2, 0.25) is 5.95 Å². The van der Waals surface area contributed by atoms with Crippen molar-refractivity contribution < 1.29 is 19.1 Å². The molecule has 6 rings (SSSR count). The number of nitrogens with one attached hydrogen (secondary N) is 4. The van der Waals surface area contributed by atoms with Crippen molar-refractivity contribution in [1.82, 2.24) is 25.6 Å². The Morgan fingerprint density at radius 1 is 0.814 bits per heavy atom. The molecular formula is C31H38N8O4. The van der Waals surface area contributed by atoms with Crippen molar-refractivity contribution in [3.63, 3.8) is 0 Å². The molecule has 0 saturated carbocycles. The van der Waals surface area contributed by atoms with Crippen LogP contribution in [0.25, 0.3) is 11.4 Å². The van der Waals surface area contributed by atoms with E-state index >= 15 is 0 Å². The Labute approximate surface area is 251 Å².